The highest BCUT2D eigenvalue weighted by Gasteiger charge is 2.24. The van der Waals surface area contributed by atoms with Crippen LogP contribution in [-0.2, 0) is 4.79 Å². The first kappa shape index (κ1) is 13.9. The fraction of sp³-hybridized carbons (Fsp3) is 0.933. The molecule has 0 unspecified atom stereocenters. The van der Waals surface area contributed by atoms with E-state index in [4.69, 9.17) is 0 Å². The third kappa shape index (κ3) is 3.71. The molecule has 1 N–H and O–H groups in total. The van der Waals surface area contributed by atoms with Crippen LogP contribution in [0.4, 0.5) is 0 Å². The Hall–Kier alpha value is -0.570. The van der Waals surface area contributed by atoms with Crippen molar-refractivity contribution in [2.45, 2.75) is 58.4 Å². The summed E-state index contributed by atoms with van der Waals surface area (Å²) in [6.45, 7) is 7.16. The van der Waals surface area contributed by atoms with E-state index in [1.54, 1.807) is 0 Å². The molecule has 1 amide bonds. The third-order valence-electron chi connectivity index (χ3n) is 4.72. The first-order valence-corrected chi connectivity index (χ1v) is 7.68. The smallest absolute Gasteiger partial charge is 0.236 e. The Labute approximate surface area is 111 Å². The van der Waals surface area contributed by atoms with E-state index in [-0.39, 0.29) is 0 Å². The molecule has 0 aromatic rings. The molecule has 0 radical (unpaired) electrons. The van der Waals surface area contributed by atoms with Crippen LogP contribution >= 0.6 is 0 Å². The molecule has 18 heavy (non-hydrogen) atoms. The Kier molecular flexibility index (Phi) is 5.04. The highest BCUT2D eigenvalue weighted by molar-refractivity contribution is 5.78. The summed E-state index contributed by atoms with van der Waals surface area (Å²) in [6, 6.07) is 0.576. The first-order valence-electron chi connectivity index (χ1n) is 7.68. The lowest BCUT2D eigenvalue weighted by Crippen LogP contribution is -2.42. The molecule has 3 nitrogen and oxygen atoms in total. The van der Waals surface area contributed by atoms with Crippen LogP contribution in [0.3, 0.4) is 0 Å². The Morgan fingerprint density at radius 1 is 1.17 bits per heavy atom. The lowest BCUT2D eigenvalue weighted by molar-refractivity contribution is -0.129. The van der Waals surface area contributed by atoms with Gasteiger partial charge >= 0.3 is 0 Å². The number of nitrogens with zero attached hydrogens (tertiary/aromatic N) is 1. The van der Waals surface area contributed by atoms with Crippen LogP contribution in [0.5, 0.6) is 0 Å². The van der Waals surface area contributed by atoms with Gasteiger partial charge < -0.3 is 10.2 Å². The van der Waals surface area contributed by atoms with E-state index < -0.39 is 0 Å². The van der Waals surface area contributed by atoms with Gasteiger partial charge in [0.05, 0.1) is 6.54 Å². The summed E-state index contributed by atoms with van der Waals surface area (Å²) in [5.74, 6) is 2.02. The van der Waals surface area contributed by atoms with Gasteiger partial charge in [-0.05, 0) is 50.4 Å². The minimum absolute atomic E-state index is 0.304. The molecule has 1 saturated carbocycles. The average molecular weight is 252 g/mol. The summed E-state index contributed by atoms with van der Waals surface area (Å²) in [4.78, 5) is 13.9. The van der Waals surface area contributed by atoms with Crippen molar-refractivity contribution in [3.63, 3.8) is 0 Å². The molecule has 0 aromatic heterocycles. The molecular formula is C15H28N2O. The van der Waals surface area contributed by atoms with E-state index in [1.165, 1.54) is 38.5 Å². The lowest BCUT2D eigenvalue weighted by Gasteiger charge is -2.31. The Bertz CT molecular complexity index is 264. The zero-order valence-corrected chi connectivity index (χ0v) is 12.0. The number of hydrogen-bond acceptors (Lipinski definition) is 2. The van der Waals surface area contributed by atoms with Crippen molar-refractivity contribution in [2.75, 3.05) is 19.6 Å². The molecule has 2 fully saturated rings. The van der Waals surface area contributed by atoms with Crippen LogP contribution < -0.4 is 5.32 Å². The molecule has 3 heteroatoms. The Morgan fingerprint density at radius 2 is 1.78 bits per heavy atom. The second kappa shape index (κ2) is 6.55. The summed E-state index contributed by atoms with van der Waals surface area (Å²) in [6.07, 6.45) is 7.52. The van der Waals surface area contributed by atoms with Gasteiger partial charge in [0, 0.05) is 19.1 Å². The Morgan fingerprint density at radius 3 is 2.33 bits per heavy atom. The van der Waals surface area contributed by atoms with Crippen LogP contribution in [0, 0.1) is 11.8 Å². The van der Waals surface area contributed by atoms with Crippen LogP contribution in [-0.4, -0.2) is 36.5 Å². The normalized spacial score (nSPS) is 28.9. The van der Waals surface area contributed by atoms with Gasteiger partial charge in [0.25, 0.3) is 0 Å². The van der Waals surface area contributed by atoms with E-state index in [2.05, 4.69) is 19.2 Å². The van der Waals surface area contributed by atoms with Crippen molar-refractivity contribution >= 4 is 5.91 Å². The van der Waals surface area contributed by atoms with E-state index in [1.807, 2.05) is 4.90 Å². The van der Waals surface area contributed by atoms with Gasteiger partial charge in [0.2, 0.25) is 5.91 Å². The highest BCUT2D eigenvalue weighted by atomic mass is 16.2. The minimum Gasteiger partial charge on any atom is -0.342 e. The average Bonchev–Trinajstić information content (AvgIpc) is 2.90. The second-order valence-electron chi connectivity index (χ2n) is 6.32. The quantitative estimate of drug-likeness (QED) is 0.833. The van der Waals surface area contributed by atoms with Crippen LogP contribution in [0.1, 0.15) is 52.4 Å². The number of amides is 1. The van der Waals surface area contributed by atoms with Crippen molar-refractivity contribution in [3.05, 3.63) is 0 Å². The van der Waals surface area contributed by atoms with Crippen LogP contribution in [0.25, 0.3) is 0 Å². The number of likely N-dealkylation sites (tertiary alicyclic amines) is 1. The lowest BCUT2D eigenvalue weighted by atomic mass is 9.80. The van der Waals surface area contributed by atoms with Crippen molar-refractivity contribution < 1.29 is 4.79 Å². The summed E-state index contributed by atoms with van der Waals surface area (Å²) in [5, 5.41) is 3.47. The predicted octanol–water partition coefficient (Wildman–Crippen LogP) is 2.41. The molecule has 1 aliphatic carbocycles. The topological polar surface area (TPSA) is 32.3 Å². The molecule has 0 atom stereocenters. The zero-order chi connectivity index (χ0) is 13.0. The fourth-order valence-electron chi connectivity index (χ4n) is 3.30. The molecule has 0 aromatic carbocycles. The van der Waals surface area contributed by atoms with E-state index >= 15 is 0 Å². The molecule has 2 aliphatic rings. The van der Waals surface area contributed by atoms with E-state index in [0.29, 0.717) is 18.5 Å². The van der Waals surface area contributed by atoms with Gasteiger partial charge in [0.1, 0.15) is 0 Å². The summed E-state index contributed by atoms with van der Waals surface area (Å²) >= 11 is 0. The molecule has 2 rings (SSSR count). The predicted molar refractivity (Wildman–Crippen MR) is 74.4 cm³/mol. The second-order valence-corrected chi connectivity index (χ2v) is 6.32. The maximum atomic E-state index is 11.9. The maximum Gasteiger partial charge on any atom is 0.236 e. The molecule has 0 spiro atoms. The SMILES string of the molecule is CC(C)C1CCC(NCC(=O)N2CCCC2)CC1. The van der Waals surface area contributed by atoms with Crippen LogP contribution in [0.15, 0.2) is 0 Å². The first-order chi connectivity index (χ1) is 8.66. The number of rotatable bonds is 4. The molecule has 1 heterocycles. The number of carbonyl (C=O) groups is 1. The monoisotopic (exact) mass is 252 g/mol. The molecular weight excluding hydrogens is 224 g/mol. The maximum absolute atomic E-state index is 11.9. The Balaban J connectivity index is 1.64. The number of nitrogens with one attached hydrogen (secondary N) is 1. The minimum atomic E-state index is 0.304. The van der Waals surface area contributed by atoms with Crippen molar-refractivity contribution in [1.82, 2.24) is 10.2 Å². The molecule has 0 bridgehead atoms. The third-order valence-corrected chi connectivity index (χ3v) is 4.72. The van der Waals surface area contributed by atoms with Crippen molar-refractivity contribution in [2.24, 2.45) is 11.8 Å². The summed E-state index contributed by atoms with van der Waals surface area (Å²) in [7, 11) is 0. The zero-order valence-electron chi connectivity index (χ0n) is 12.0. The largest absolute Gasteiger partial charge is 0.342 e. The van der Waals surface area contributed by atoms with Gasteiger partial charge in [0.15, 0.2) is 0 Å². The van der Waals surface area contributed by atoms with Gasteiger partial charge in [-0.25, -0.2) is 0 Å². The molecule has 104 valence electrons. The van der Waals surface area contributed by atoms with E-state index in [9.17, 15) is 4.79 Å². The van der Waals surface area contributed by atoms with Crippen molar-refractivity contribution in [3.8, 4) is 0 Å². The van der Waals surface area contributed by atoms with Gasteiger partial charge in [-0.1, -0.05) is 13.8 Å². The van der Waals surface area contributed by atoms with Gasteiger partial charge in [-0.3, -0.25) is 4.79 Å². The summed E-state index contributed by atoms with van der Waals surface area (Å²) < 4.78 is 0. The van der Waals surface area contributed by atoms with Gasteiger partial charge in [-0.15, -0.1) is 0 Å². The number of hydrogen-bond donors (Lipinski definition) is 1. The van der Waals surface area contributed by atoms with Gasteiger partial charge in [-0.2, -0.15) is 0 Å². The molecule has 1 saturated heterocycles. The van der Waals surface area contributed by atoms with Crippen molar-refractivity contribution in [1.29, 1.82) is 0 Å². The fourth-order valence-corrected chi connectivity index (χ4v) is 3.30. The highest BCUT2D eigenvalue weighted by Crippen LogP contribution is 2.29. The standard InChI is InChI=1S/C15H28N2O/c1-12(2)13-5-7-14(8-6-13)16-11-15(18)17-9-3-4-10-17/h12-14,16H,3-11H2,1-2H3. The molecule has 1 aliphatic heterocycles. The van der Waals surface area contributed by atoms with Crippen LogP contribution in [0.2, 0.25) is 0 Å². The van der Waals surface area contributed by atoms with E-state index in [0.717, 1.165) is 24.9 Å². The summed E-state index contributed by atoms with van der Waals surface area (Å²) in [5.41, 5.74) is 0. The number of carbonyl (C=O) groups excluding carboxylic acids is 1.